The molecule has 0 spiro atoms. The van der Waals surface area contributed by atoms with Gasteiger partial charge in [0.15, 0.2) is 17.4 Å². The number of hydrogen-bond donors (Lipinski definition) is 2. The predicted molar refractivity (Wildman–Crippen MR) is 157 cm³/mol. The topological polar surface area (TPSA) is 89.9 Å². The van der Waals surface area contributed by atoms with Gasteiger partial charge in [-0.25, -0.2) is 18.6 Å². The van der Waals surface area contributed by atoms with Gasteiger partial charge in [0.1, 0.15) is 18.1 Å². The molecular weight excluding hydrogens is 572 g/mol. The Morgan fingerprint density at radius 3 is 2.63 bits per heavy atom. The Morgan fingerprint density at radius 2 is 1.93 bits per heavy atom. The van der Waals surface area contributed by atoms with Crippen molar-refractivity contribution in [2.75, 3.05) is 38.2 Å². The standard InChI is InChI=1S/C28H36ClF2N5O4Si/c1-41(2,3)11-10-38-17-36-14-19(29)25-24(6-7-32-27(25)36)40-26-20(30)12-18(13-21(26)31)33-28(37)34-22-15-39-16-23(22)35-8-4-5-9-35/h6-7,12-14,22-23H,4-5,8-11,15-17H2,1-3H3,(H2,33,34,37)/q-1/t22-,23-/m1/s1. The summed E-state index contributed by atoms with van der Waals surface area (Å²) in [7, 11) is -1.24. The predicted octanol–water partition coefficient (Wildman–Crippen LogP) is 6.06. The Balaban J connectivity index is 1.25. The lowest BCUT2D eigenvalue weighted by Crippen LogP contribution is -2.51. The van der Waals surface area contributed by atoms with Gasteiger partial charge in [0, 0.05) is 36.8 Å². The van der Waals surface area contributed by atoms with Gasteiger partial charge in [0.05, 0.1) is 35.7 Å². The Morgan fingerprint density at radius 1 is 1.20 bits per heavy atom. The van der Waals surface area contributed by atoms with E-state index in [2.05, 4.69) is 40.2 Å². The summed E-state index contributed by atoms with van der Waals surface area (Å²) >= 11 is 6.47. The summed E-state index contributed by atoms with van der Waals surface area (Å²) in [4.78, 5) is 19.3. The summed E-state index contributed by atoms with van der Waals surface area (Å²) in [6.07, 6.45) is 5.38. The van der Waals surface area contributed by atoms with Crippen molar-refractivity contribution in [2.24, 2.45) is 0 Å². The van der Waals surface area contributed by atoms with Crippen LogP contribution in [0.5, 0.6) is 11.5 Å². The number of ether oxygens (including phenoxy) is 3. The fourth-order valence-corrected chi connectivity index (χ4v) is 6.20. The van der Waals surface area contributed by atoms with Gasteiger partial charge in [-0.2, -0.15) is 19.6 Å². The molecule has 1 aromatic carbocycles. The fraction of sp³-hybridized carbons (Fsp3) is 0.500. The molecule has 9 nitrogen and oxygen atoms in total. The Kier molecular flexibility index (Phi) is 9.14. The first-order valence-corrected chi connectivity index (χ1v) is 17.9. The van der Waals surface area contributed by atoms with Crippen LogP contribution in [0.2, 0.25) is 30.7 Å². The molecule has 3 aromatic rings. The maximum atomic E-state index is 15.1. The van der Waals surface area contributed by atoms with Crippen LogP contribution in [0.1, 0.15) is 12.8 Å². The van der Waals surface area contributed by atoms with Crippen molar-refractivity contribution in [2.45, 2.75) is 57.3 Å². The van der Waals surface area contributed by atoms with Gasteiger partial charge in [-0.3, -0.25) is 4.90 Å². The molecule has 0 saturated carbocycles. The molecule has 4 heterocycles. The first-order chi connectivity index (χ1) is 19.6. The van der Waals surface area contributed by atoms with E-state index in [-0.39, 0.29) is 30.3 Å². The van der Waals surface area contributed by atoms with E-state index in [4.69, 9.17) is 25.8 Å². The second-order valence-corrected chi connectivity index (χ2v) is 17.8. The summed E-state index contributed by atoms with van der Waals surface area (Å²) in [6.45, 7) is 10.5. The third-order valence-electron chi connectivity index (χ3n) is 7.34. The molecule has 2 atom stereocenters. The van der Waals surface area contributed by atoms with E-state index in [1.165, 1.54) is 12.3 Å². The lowest BCUT2D eigenvalue weighted by Gasteiger charge is -2.27. The van der Waals surface area contributed by atoms with Crippen molar-refractivity contribution < 1.29 is 27.8 Å². The number of fused-ring (bicyclic) bond motifs is 1. The fourth-order valence-electron chi connectivity index (χ4n) is 5.15. The number of urea groups is 1. The molecule has 0 bridgehead atoms. The maximum Gasteiger partial charge on any atom is 0.319 e. The number of benzene rings is 1. The maximum absolute atomic E-state index is 15.1. The van der Waals surface area contributed by atoms with Crippen LogP contribution in [0.3, 0.4) is 0 Å². The van der Waals surface area contributed by atoms with Crippen LogP contribution >= 0.6 is 11.6 Å². The molecule has 2 N–H and O–H groups in total. The largest absolute Gasteiger partial charge is 0.450 e. The van der Waals surface area contributed by atoms with Crippen LogP contribution in [0.15, 0.2) is 30.6 Å². The highest BCUT2D eigenvalue weighted by molar-refractivity contribution is 6.76. The minimum Gasteiger partial charge on any atom is -0.450 e. The van der Waals surface area contributed by atoms with Crippen molar-refractivity contribution >= 4 is 42.4 Å². The molecule has 2 amide bonds. The highest BCUT2D eigenvalue weighted by Gasteiger charge is 2.35. The average molecular weight is 608 g/mol. The molecule has 2 saturated heterocycles. The normalized spacial score (nSPS) is 19.7. The van der Waals surface area contributed by atoms with E-state index in [1.54, 1.807) is 10.8 Å². The number of amides is 2. The van der Waals surface area contributed by atoms with Crippen molar-refractivity contribution in [1.82, 2.24) is 19.8 Å². The molecule has 5 rings (SSSR count). The zero-order chi connectivity index (χ0) is 29.1. The highest BCUT2D eigenvalue weighted by atomic mass is 35.5. The van der Waals surface area contributed by atoms with E-state index in [0.29, 0.717) is 35.9 Å². The molecule has 2 aromatic heterocycles. The number of nitrogens with one attached hydrogen (secondary N) is 2. The minimum absolute atomic E-state index is 0.0407. The number of halogens is 3. The number of aromatic nitrogens is 2. The lowest BCUT2D eigenvalue weighted by molar-refractivity contribution is 0.0899. The Hall–Kier alpha value is -2.77. The van der Waals surface area contributed by atoms with Gasteiger partial charge in [-0.15, -0.1) is 14.1 Å². The Labute approximate surface area is 244 Å². The van der Waals surface area contributed by atoms with Crippen molar-refractivity contribution in [3.8, 4) is 11.5 Å². The molecule has 2 fully saturated rings. The van der Waals surface area contributed by atoms with Gasteiger partial charge in [-0.1, -0.05) is 11.6 Å². The van der Waals surface area contributed by atoms with E-state index < -0.39 is 31.5 Å². The number of carbonyl (C=O) groups is 1. The van der Waals surface area contributed by atoms with Crippen LogP contribution in [0.25, 0.3) is 11.0 Å². The molecule has 13 heteroatoms. The van der Waals surface area contributed by atoms with Gasteiger partial charge >= 0.3 is 6.03 Å². The second kappa shape index (κ2) is 12.6. The molecule has 0 unspecified atom stereocenters. The monoisotopic (exact) mass is 607 g/mol. The smallest absolute Gasteiger partial charge is 0.319 e. The van der Waals surface area contributed by atoms with E-state index in [0.717, 1.165) is 44.1 Å². The third-order valence-corrected chi connectivity index (χ3v) is 9.34. The van der Waals surface area contributed by atoms with Gasteiger partial charge in [-0.05, 0) is 32.0 Å². The number of carbonyl (C=O) groups excluding carboxylic acids is 1. The number of pyridine rings is 1. The molecule has 0 aliphatic carbocycles. The van der Waals surface area contributed by atoms with Crippen LogP contribution in [0.4, 0.5) is 19.3 Å². The molecule has 2 aliphatic heterocycles. The highest BCUT2D eigenvalue weighted by Crippen LogP contribution is 2.37. The number of rotatable bonds is 10. The Bertz CT molecular complexity index is 1370. The van der Waals surface area contributed by atoms with Gasteiger partial charge in [0.25, 0.3) is 0 Å². The van der Waals surface area contributed by atoms with E-state index in [1.807, 2.05) is 0 Å². The van der Waals surface area contributed by atoms with Crippen LogP contribution < -0.4 is 15.4 Å². The second-order valence-electron chi connectivity index (χ2n) is 11.7. The summed E-state index contributed by atoms with van der Waals surface area (Å²) in [6, 6.07) is 3.85. The average Bonchev–Trinajstić information content (AvgIpc) is 3.65. The molecule has 41 heavy (non-hydrogen) atoms. The van der Waals surface area contributed by atoms with E-state index in [9.17, 15) is 4.79 Å². The zero-order valence-corrected chi connectivity index (χ0v) is 25.3. The van der Waals surface area contributed by atoms with Gasteiger partial charge in [0.2, 0.25) is 0 Å². The summed E-state index contributed by atoms with van der Waals surface area (Å²) in [5.74, 6) is -2.42. The first kappa shape index (κ1) is 29.7. The van der Waals surface area contributed by atoms with Crippen molar-refractivity contribution in [3.05, 3.63) is 47.2 Å². The number of nitrogens with zero attached hydrogens (tertiary/aromatic N) is 3. The first-order valence-electron chi connectivity index (χ1n) is 13.9. The quantitative estimate of drug-likeness (QED) is 0.215. The summed E-state index contributed by atoms with van der Waals surface area (Å²) < 4.78 is 49.0. The SMILES string of the molecule is C[Si-](C)(C)CCOCn1cc(Cl)c2c(Oc3c(F)cc(NC(=O)N[C@@H]4COC[C@H]4N4CCCC4)cc3F)ccnc21. The summed E-state index contributed by atoms with van der Waals surface area (Å²) in [5.41, 5.74) is 0.431. The van der Waals surface area contributed by atoms with Crippen LogP contribution in [0, 0.1) is 11.6 Å². The number of hydrogen-bond acceptors (Lipinski definition) is 6. The van der Waals surface area contributed by atoms with Crippen molar-refractivity contribution in [3.63, 3.8) is 0 Å². The molecule has 223 valence electrons. The third kappa shape index (κ3) is 7.18. The van der Waals surface area contributed by atoms with Crippen LogP contribution in [-0.2, 0) is 16.2 Å². The number of anilines is 1. The molecule has 2 aliphatic rings. The zero-order valence-electron chi connectivity index (χ0n) is 23.5. The summed E-state index contributed by atoms with van der Waals surface area (Å²) in [5, 5.41) is 6.13. The molecular formula is C28H36ClF2N5O4Si-. The van der Waals surface area contributed by atoms with Crippen LogP contribution in [-0.4, -0.2) is 73.5 Å². The number of likely N-dealkylation sites (tertiary alicyclic amines) is 1. The van der Waals surface area contributed by atoms with E-state index >= 15 is 8.78 Å². The van der Waals surface area contributed by atoms with Crippen molar-refractivity contribution in [1.29, 1.82) is 0 Å². The minimum atomic E-state index is -1.24. The van der Waals surface area contributed by atoms with Gasteiger partial charge < -0.3 is 29.4 Å². The molecule has 0 radical (unpaired) electrons. The lowest BCUT2D eigenvalue weighted by atomic mass is 10.1.